The van der Waals surface area contributed by atoms with E-state index < -0.39 is 0 Å². The standard InChI is InChI=1S/C21H17ClN6O2/c1-26-10-18(20(22)25-26)28-19-15-7-12(13-3-5-14(11-29)23-8-13)4-6-16(15)24-9-17(19)27(2)21(28)30/h3-10,29H,11H2,1-2H3. The summed E-state index contributed by atoms with van der Waals surface area (Å²) in [7, 11) is 3.46. The predicted molar refractivity (Wildman–Crippen MR) is 115 cm³/mol. The maximum Gasteiger partial charge on any atom is 0.333 e. The molecule has 150 valence electrons. The number of pyridine rings is 2. The van der Waals surface area contributed by atoms with E-state index in [0.29, 0.717) is 22.4 Å². The van der Waals surface area contributed by atoms with E-state index in [9.17, 15) is 9.90 Å². The number of aryl methyl sites for hydroxylation is 2. The van der Waals surface area contributed by atoms with Gasteiger partial charge in [-0.3, -0.25) is 23.8 Å². The van der Waals surface area contributed by atoms with Crippen LogP contribution in [0.2, 0.25) is 5.15 Å². The zero-order chi connectivity index (χ0) is 21.0. The number of aromatic nitrogens is 6. The number of rotatable bonds is 3. The molecule has 0 bridgehead atoms. The summed E-state index contributed by atoms with van der Waals surface area (Å²) >= 11 is 6.32. The molecule has 5 aromatic rings. The molecule has 0 spiro atoms. The third-order valence-electron chi connectivity index (χ3n) is 5.21. The molecule has 0 aliphatic rings. The topological polar surface area (TPSA) is 90.8 Å². The van der Waals surface area contributed by atoms with Gasteiger partial charge in [0, 0.05) is 31.2 Å². The molecular weight excluding hydrogens is 404 g/mol. The molecule has 0 aliphatic carbocycles. The zero-order valence-corrected chi connectivity index (χ0v) is 17.0. The highest BCUT2D eigenvalue weighted by atomic mass is 35.5. The number of halogens is 1. The fraction of sp³-hybridized carbons (Fsp3) is 0.143. The van der Waals surface area contributed by atoms with Crippen LogP contribution in [0.4, 0.5) is 0 Å². The second kappa shape index (κ2) is 6.79. The lowest BCUT2D eigenvalue weighted by Gasteiger charge is -2.07. The van der Waals surface area contributed by atoms with E-state index in [1.165, 1.54) is 0 Å². The molecule has 1 aromatic carbocycles. The second-order valence-electron chi connectivity index (χ2n) is 7.08. The summed E-state index contributed by atoms with van der Waals surface area (Å²) in [4.78, 5) is 21.9. The number of hydrogen-bond acceptors (Lipinski definition) is 5. The SMILES string of the molecule is Cn1cc(-n2c(=O)n(C)c3cnc4ccc(-c5ccc(CO)nc5)cc4c32)c(Cl)n1. The number of aliphatic hydroxyl groups is 1. The lowest BCUT2D eigenvalue weighted by atomic mass is 10.0. The highest BCUT2D eigenvalue weighted by molar-refractivity contribution is 6.31. The summed E-state index contributed by atoms with van der Waals surface area (Å²) in [5.74, 6) is 0. The average Bonchev–Trinajstić information content (AvgIpc) is 3.22. The third kappa shape index (κ3) is 2.72. The summed E-state index contributed by atoms with van der Waals surface area (Å²) in [6.45, 7) is -0.106. The monoisotopic (exact) mass is 420 g/mol. The smallest absolute Gasteiger partial charge is 0.333 e. The number of fused-ring (bicyclic) bond motifs is 3. The van der Waals surface area contributed by atoms with Crippen molar-refractivity contribution in [3.63, 3.8) is 0 Å². The van der Waals surface area contributed by atoms with Crippen LogP contribution in [0.3, 0.4) is 0 Å². The van der Waals surface area contributed by atoms with Crippen molar-refractivity contribution in [3.8, 4) is 16.8 Å². The Morgan fingerprint density at radius 3 is 2.53 bits per heavy atom. The molecule has 0 saturated heterocycles. The van der Waals surface area contributed by atoms with Crippen LogP contribution in [-0.2, 0) is 20.7 Å². The first-order chi connectivity index (χ1) is 14.5. The Morgan fingerprint density at radius 2 is 1.87 bits per heavy atom. The van der Waals surface area contributed by atoms with Crippen molar-refractivity contribution in [1.82, 2.24) is 28.9 Å². The van der Waals surface area contributed by atoms with Gasteiger partial charge >= 0.3 is 5.69 Å². The number of nitrogens with zero attached hydrogens (tertiary/aromatic N) is 6. The van der Waals surface area contributed by atoms with E-state index in [1.54, 1.807) is 52.6 Å². The average molecular weight is 421 g/mol. The van der Waals surface area contributed by atoms with Gasteiger partial charge in [0.2, 0.25) is 0 Å². The molecule has 0 unspecified atom stereocenters. The van der Waals surface area contributed by atoms with Crippen molar-refractivity contribution < 1.29 is 5.11 Å². The summed E-state index contributed by atoms with van der Waals surface area (Å²) in [5, 5.41) is 14.5. The minimum absolute atomic E-state index is 0.106. The van der Waals surface area contributed by atoms with Gasteiger partial charge in [0.25, 0.3) is 0 Å². The molecule has 0 aliphatic heterocycles. The minimum atomic E-state index is -0.228. The van der Waals surface area contributed by atoms with Gasteiger partial charge in [0.1, 0.15) is 5.69 Å². The van der Waals surface area contributed by atoms with Crippen LogP contribution in [0, 0.1) is 0 Å². The molecular formula is C21H17ClN6O2. The van der Waals surface area contributed by atoms with Gasteiger partial charge in [0.15, 0.2) is 5.15 Å². The number of hydrogen-bond donors (Lipinski definition) is 1. The van der Waals surface area contributed by atoms with Gasteiger partial charge in [-0.05, 0) is 23.8 Å². The van der Waals surface area contributed by atoms with Crippen LogP contribution >= 0.6 is 11.6 Å². The molecule has 8 nitrogen and oxygen atoms in total. The Labute approximate surface area is 175 Å². The van der Waals surface area contributed by atoms with Gasteiger partial charge in [-0.15, -0.1) is 0 Å². The first kappa shape index (κ1) is 18.5. The fourth-order valence-corrected chi connectivity index (χ4v) is 3.94. The Balaban J connectivity index is 1.84. The Hall–Kier alpha value is -3.49. The summed E-state index contributed by atoms with van der Waals surface area (Å²) < 4.78 is 4.70. The number of imidazole rings is 1. The minimum Gasteiger partial charge on any atom is -0.390 e. The van der Waals surface area contributed by atoms with Gasteiger partial charge in [-0.1, -0.05) is 23.7 Å². The van der Waals surface area contributed by atoms with E-state index in [2.05, 4.69) is 15.1 Å². The molecule has 4 aromatic heterocycles. The first-order valence-corrected chi connectivity index (χ1v) is 9.61. The Morgan fingerprint density at radius 1 is 1.07 bits per heavy atom. The molecule has 0 amide bonds. The van der Waals surface area contributed by atoms with E-state index in [1.807, 2.05) is 24.3 Å². The zero-order valence-electron chi connectivity index (χ0n) is 16.2. The van der Waals surface area contributed by atoms with Gasteiger partial charge in [0.05, 0.1) is 41.2 Å². The van der Waals surface area contributed by atoms with Crippen LogP contribution in [0.25, 0.3) is 38.8 Å². The summed E-state index contributed by atoms with van der Waals surface area (Å²) in [6.07, 6.45) is 5.13. The van der Waals surface area contributed by atoms with Gasteiger partial charge < -0.3 is 5.11 Å². The van der Waals surface area contributed by atoms with Crippen LogP contribution in [-0.4, -0.2) is 34.0 Å². The van der Waals surface area contributed by atoms with Crippen molar-refractivity contribution in [2.45, 2.75) is 6.61 Å². The largest absolute Gasteiger partial charge is 0.390 e. The summed E-state index contributed by atoms with van der Waals surface area (Å²) in [6, 6.07) is 9.55. The second-order valence-corrected chi connectivity index (χ2v) is 7.43. The van der Waals surface area contributed by atoms with Crippen molar-refractivity contribution in [2.75, 3.05) is 0 Å². The van der Waals surface area contributed by atoms with E-state index in [0.717, 1.165) is 22.0 Å². The third-order valence-corrected chi connectivity index (χ3v) is 5.48. The Kier molecular flexibility index (Phi) is 4.19. The normalized spacial score (nSPS) is 11.6. The molecule has 0 atom stereocenters. The highest BCUT2D eigenvalue weighted by Crippen LogP contribution is 2.30. The molecule has 5 rings (SSSR count). The van der Waals surface area contributed by atoms with E-state index in [-0.39, 0.29) is 17.4 Å². The van der Waals surface area contributed by atoms with E-state index in [4.69, 9.17) is 11.6 Å². The van der Waals surface area contributed by atoms with Gasteiger partial charge in [-0.25, -0.2) is 4.79 Å². The lowest BCUT2D eigenvalue weighted by Crippen LogP contribution is -2.20. The van der Waals surface area contributed by atoms with Gasteiger partial charge in [-0.2, -0.15) is 5.10 Å². The van der Waals surface area contributed by atoms with Crippen LogP contribution in [0.15, 0.2) is 53.7 Å². The number of benzene rings is 1. The van der Waals surface area contributed by atoms with Crippen LogP contribution < -0.4 is 5.69 Å². The number of aliphatic hydroxyl groups excluding tert-OH is 1. The maximum absolute atomic E-state index is 13.1. The van der Waals surface area contributed by atoms with Crippen molar-refractivity contribution >= 4 is 33.5 Å². The quantitative estimate of drug-likeness (QED) is 0.484. The van der Waals surface area contributed by atoms with Crippen molar-refractivity contribution in [3.05, 3.63) is 70.3 Å². The molecule has 0 fully saturated rings. The predicted octanol–water partition coefficient (Wildman–Crippen LogP) is 2.82. The first-order valence-electron chi connectivity index (χ1n) is 9.24. The highest BCUT2D eigenvalue weighted by Gasteiger charge is 2.20. The fourth-order valence-electron chi connectivity index (χ4n) is 3.69. The molecule has 1 N–H and O–H groups in total. The molecule has 9 heteroatoms. The Bertz CT molecular complexity index is 1480. The molecule has 0 radical (unpaired) electrons. The molecule has 0 saturated carbocycles. The summed E-state index contributed by atoms with van der Waals surface area (Å²) in [5.41, 5.74) is 4.87. The van der Waals surface area contributed by atoms with Crippen LogP contribution in [0.1, 0.15) is 5.69 Å². The maximum atomic E-state index is 13.1. The molecule has 30 heavy (non-hydrogen) atoms. The van der Waals surface area contributed by atoms with Crippen molar-refractivity contribution in [1.29, 1.82) is 0 Å². The molecule has 4 heterocycles. The lowest BCUT2D eigenvalue weighted by molar-refractivity contribution is 0.277. The van der Waals surface area contributed by atoms with E-state index >= 15 is 0 Å². The van der Waals surface area contributed by atoms with Crippen LogP contribution in [0.5, 0.6) is 0 Å². The van der Waals surface area contributed by atoms with Crippen molar-refractivity contribution in [2.24, 2.45) is 14.1 Å².